The molecule has 3 rings (SSSR count). The molecule has 1 saturated carbocycles. The normalized spacial score (nSPS) is 26.9. The summed E-state index contributed by atoms with van der Waals surface area (Å²) in [5.41, 5.74) is 1.95. The predicted octanol–water partition coefficient (Wildman–Crippen LogP) is 2.35. The minimum atomic E-state index is -0.0294. The molecular formula is C17H22N2O. The van der Waals surface area contributed by atoms with Gasteiger partial charge in [-0.25, -0.2) is 0 Å². The van der Waals surface area contributed by atoms with E-state index < -0.39 is 0 Å². The van der Waals surface area contributed by atoms with Crippen LogP contribution < -0.4 is 10.6 Å². The molecule has 0 radical (unpaired) electrons. The first-order valence-electron chi connectivity index (χ1n) is 7.46. The first kappa shape index (κ1) is 13.4. The van der Waals surface area contributed by atoms with E-state index in [-0.39, 0.29) is 5.91 Å². The topological polar surface area (TPSA) is 41.1 Å². The fourth-order valence-corrected chi connectivity index (χ4v) is 3.45. The summed E-state index contributed by atoms with van der Waals surface area (Å²) in [5.74, 6) is 2.44. The van der Waals surface area contributed by atoms with Gasteiger partial charge >= 0.3 is 0 Å². The van der Waals surface area contributed by atoms with Crippen LogP contribution in [0.3, 0.4) is 0 Å². The first-order valence-corrected chi connectivity index (χ1v) is 7.46. The maximum atomic E-state index is 11.5. The molecule has 0 heterocycles. The number of hydrogen-bond acceptors (Lipinski definition) is 2. The zero-order valence-electron chi connectivity index (χ0n) is 11.9. The van der Waals surface area contributed by atoms with Crippen LogP contribution in [0.25, 0.3) is 0 Å². The number of amides is 1. The third-order valence-electron chi connectivity index (χ3n) is 4.60. The second kappa shape index (κ2) is 5.80. The Hall–Kier alpha value is -1.61. The van der Waals surface area contributed by atoms with Gasteiger partial charge in [-0.3, -0.25) is 4.79 Å². The fraction of sp³-hybridized carbons (Fsp3) is 0.471. The Morgan fingerprint density at radius 1 is 1.20 bits per heavy atom. The molecular weight excluding hydrogens is 248 g/mol. The Bertz CT molecular complexity index is 506. The largest absolute Gasteiger partial charge is 0.355 e. The summed E-state index contributed by atoms with van der Waals surface area (Å²) in [5, 5.41) is 6.19. The van der Waals surface area contributed by atoms with Crippen molar-refractivity contribution in [2.45, 2.75) is 19.4 Å². The van der Waals surface area contributed by atoms with Crippen LogP contribution in [0.4, 0.5) is 0 Å². The Morgan fingerprint density at radius 3 is 2.60 bits per heavy atom. The Labute approximate surface area is 120 Å². The number of nitrogens with one attached hydrogen (secondary N) is 2. The first-order chi connectivity index (χ1) is 9.76. The zero-order chi connectivity index (χ0) is 13.9. The standard InChI is InChI=1S/C17H22N2O/c1-18-17(20)14-5-2-12(3-6-14)10-19-11-16-9-13-4-7-15(16)8-13/h2-7,13,15-16,19H,8-11H2,1H3,(H,18,20). The molecule has 0 aromatic heterocycles. The Morgan fingerprint density at radius 2 is 2.00 bits per heavy atom. The number of fused-ring (bicyclic) bond motifs is 2. The van der Waals surface area contributed by atoms with Crippen LogP contribution in [-0.4, -0.2) is 19.5 Å². The van der Waals surface area contributed by atoms with Crippen molar-refractivity contribution in [3.8, 4) is 0 Å². The van der Waals surface area contributed by atoms with Crippen LogP contribution in [0.5, 0.6) is 0 Å². The molecule has 20 heavy (non-hydrogen) atoms. The number of carbonyl (C=O) groups is 1. The van der Waals surface area contributed by atoms with Crippen molar-refractivity contribution in [2.75, 3.05) is 13.6 Å². The molecule has 0 aliphatic heterocycles. The molecule has 0 spiro atoms. The molecule has 1 fully saturated rings. The number of allylic oxidation sites excluding steroid dienone is 2. The molecule has 2 bridgehead atoms. The smallest absolute Gasteiger partial charge is 0.251 e. The number of rotatable bonds is 5. The fourth-order valence-electron chi connectivity index (χ4n) is 3.45. The molecule has 2 aliphatic rings. The summed E-state index contributed by atoms with van der Waals surface area (Å²) in [7, 11) is 1.65. The van der Waals surface area contributed by atoms with Gasteiger partial charge in [0.2, 0.25) is 0 Å². The number of benzene rings is 1. The second-order valence-corrected chi connectivity index (χ2v) is 5.95. The van der Waals surface area contributed by atoms with Gasteiger partial charge < -0.3 is 10.6 Å². The summed E-state index contributed by atoms with van der Waals surface area (Å²) >= 11 is 0. The van der Waals surface area contributed by atoms with Gasteiger partial charge in [-0.1, -0.05) is 24.3 Å². The minimum Gasteiger partial charge on any atom is -0.355 e. The summed E-state index contributed by atoms with van der Waals surface area (Å²) in [4.78, 5) is 11.5. The summed E-state index contributed by atoms with van der Waals surface area (Å²) in [6.07, 6.45) is 7.51. The molecule has 3 nitrogen and oxygen atoms in total. The van der Waals surface area contributed by atoms with E-state index >= 15 is 0 Å². The van der Waals surface area contributed by atoms with Crippen LogP contribution in [0.15, 0.2) is 36.4 Å². The highest BCUT2D eigenvalue weighted by molar-refractivity contribution is 5.93. The van der Waals surface area contributed by atoms with Crippen molar-refractivity contribution in [3.63, 3.8) is 0 Å². The van der Waals surface area contributed by atoms with Crippen molar-refractivity contribution in [1.29, 1.82) is 0 Å². The average Bonchev–Trinajstić information content (AvgIpc) is 3.10. The molecule has 2 N–H and O–H groups in total. The van der Waals surface area contributed by atoms with Crippen molar-refractivity contribution in [2.24, 2.45) is 17.8 Å². The number of carbonyl (C=O) groups excluding carboxylic acids is 1. The molecule has 106 valence electrons. The van der Waals surface area contributed by atoms with Gasteiger partial charge in [-0.05, 0) is 54.8 Å². The molecule has 2 aliphatic carbocycles. The maximum Gasteiger partial charge on any atom is 0.251 e. The van der Waals surface area contributed by atoms with E-state index in [1.54, 1.807) is 7.05 Å². The van der Waals surface area contributed by atoms with Crippen molar-refractivity contribution in [3.05, 3.63) is 47.5 Å². The second-order valence-electron chi connectivity index (χ2n) is 5.95. The lowest BCUT2D eigenvalue weighted by atomic mass is 9.93. The average molecular weight is 270 g/mol. The Balaban J connectivity index is 1.47. The SMILES string of the molecule is CNC(=O)c1ccc(CNCC2CC3C=CC2C3)cc1. The van der Waals surface area contributed by atoms with Gasteiger partial charge in [0, 0.05) is 19.2 Å². The molecule has 3 unspecified atom stereocenters. The van der Waals surface area contributed by atoms with Crippen LogP contribution in [0, 0.1) is 17.8 Å². The highest BCUT2D eigenvalue weighted by atomic mass is 16.1. The Kier molecular flexibility index (Phi) is 3.88. The van der Waals surface area contributed by atoms with Gasteiger partial charge in [0.25, 0.3) is 5.91 Å². The monoisotopic (exact) mass is 270 g/mol. The van der Waals surface area contributed by atoms with E-state index in [1.807, 2.05) is 24.3 Å². The molecule has 1 amide bonds. The van der Waals surface area contributed by atoms with Gasteiger partial charge in [0.1, 0.15) is 0 Å². The van der Waals surface area contributed by atoms with Gasteiger partial charge in [-0.15, -0.1) is 0 Å². The van der Waals surface area contributed by atoms with E-state index in [1.165, 1.54) is 18.4 Å². The van der Waals surface area contributed by atoms with Crippen molar-refractivity contribution in [1.82, 2.24) is 10.6 Å². The van der Waals surface area contributed by atoms with Crippen LogP contribution in [-0.2, 0) is 6.54 Å². The third-order valence-corrected chi connectivity index (χ3v) is 4.60. The quantitative estimate of drug-likeness (QED) is 0.806. The zero-order valence-corrected chi connectivity index (χ0v) is 11.9. The van der Waals surface area contributed by atoms with Gasteiger partial charge in [0.05, 0.1) is 0 Å². The highest BCUT2D eigenvalue weighted by Crippen LogP contribution is 2.42. The van der Waals surface area contributed by atoms with E-state index in [4.69, 9.17) is 0 Å². The van der Waals surface area contributed by atoms with Crippen molar-refractivity contribution >= 4 is 5.91 Å². The molecule has 3 atom stereocenters. The van der Waals surface area contributed by atoms with Crippen LogP contribution >= 0.6 is 0 Å². The summed E-state index contributed by atoms with van der Waals surface area (Å²) in [6.45, 7) is 1.98. The van der Waals surface area contributed by atoms with E-state index in [0.29, 0.717) is 0 Å². The molecule has 1 aromatic carbocycles. The minimum absolute atomic E-state index is 0.0294. The summed E-state index contributed by atoms with van der Waals surface area (Å²) < 4.78 is 0. The van der Waals surface area contributed by atoms with Gasteiger partial charge in [0.15, 0.2) is 0 Å². The molecule has 1 aromatic rings. The van der Waals surface area contributed by atoms with Crippen molar-refractivity contribution < 1.29 is 4.79 Å². The molecule has 3 heteroatoms. The van der Waals surface area contributed by atoms with E-state index in [2.05, 4.69) is 22.8 Å². The predicted molar refractivity (Wildman–Crippen MR) is 80.4 cm³/mol. The third kappa shape index (κ3) is 2.78. The van der Waals surface area contributed by atoms with E-state index in [0.717, 1.165) is 36.4 Å². The lowest BCUT2D eigenvalue weighted by Gasteiger charge is -2.18. The molecule has 0 saturated heterocycles. The van der Waals surface area contributed by atoms with E-state index in [9.17, 15) is 4.79 Å². The van der Waals surface area contributed by atoms with Crippen LogP contribution in [0.1, 0.15) is 28.8 Å². The maximum absolute atomic E-state index is 11.5. The number of hydrogen-bond donors (Lipinski definition) is 2. The lowest BCUT2D eigenvalue weighted by Crippen LogP contribution is -2.25. The summed E-state index contributed by atoms with van der Waals surface area (Å²) in [6, 6.07) is 7.82. The van der Waals surface area contributed by atoms with Gasteiger partial charge in [-0.2, -0.15) is 0 Å². The highest BCUT2D eigenvalue weighted by Gasteiger charge is 2.34. The van der Waals surface area contributed by atoms with Crippen LogP contribution in [0.2, 0.25) is 0 Å². The lowest BCUT2D eigenvalue weighted by molar-refractivity contribution is 0.0963.